The van der Waals surface area contributed by atoms with Gasteiger partial charge in [-0.3, -0.25) is 4.79 Å². The lowest BCUT2D eigenvalue weighted by molar-refractivity contribution is -0.115. The average Bonchev–Trinajstić information content (AvgIpc) is 2.49. The Bertz CT molecular complexity index is 459. The quantitative estimate of drug-likeness (QED) is 0.603. The molecule has 1 saturated heterocycles. The van der Waals surface area contributed by atoms with Crippen molar-refractivity contribution < 1.29 is 15.4 Å². The van der Waals surface area contributed by atoms with Gasteiger partial charge in [0.2, 0.25) is 0 Å². The molecule has 0 atom stereocenters. The minimum Gasteiger partial charge on any atom is -0.508 e. The highest BCUT2D eigenvalue weighted by molar-refractivity contribution is 8.93. The van der Waals surface area contributed by atoms with E-state index in [1.165, 1.54) is 11.8 Å². The zero-order valence-corrected chi connectivity index (χ0v) is 11.8. The third-order valence-electron chi connectivity index (χ3n) is 1.83. The summed E-state index contributed by atoms with van der Waals surface area (Å²) in [6, 6.07) is 6.61. The molecule has 0 saturated carbocycles. The van der Waals surface area contributed by atoms with Gasteiger partial charge in [-0.15, -0.1) is 17.0 Å². The monoisotopic (exact) mass is 335 g/mol. The second-order valence-electron chi connectivity index (χ2n) is 2.94. The third-order valence-corrected chi connectivity index (χ3v) is 3.00. The Labute approximate surface area is 118 Å². The first-order valence-electron chi connectivity index (χ1n) is 4.19. The third kappa shape index (κ3) is 4.12. The van der Waals surface area contributed by atoms with Crippen LogP contribution in [-0.4, -0.2) is 20.8 Å². The van der Waals surface area contributed by atoms with Gasteiger partial charge in [0.05, 0.1) is 4.91 Å². The van der Waals surface area contributed by atoms with E-state index >= 15 is 0 Å². The molecular formula is C10H10BrNO3S2. The van der Waals surface area contributed by atoms with Crippen molar-refractivity contribution in [2.75, 3.05) is 0 Å². The van der Waals surface area contributed by atoms with Crippen molar-refractivity contribution in [2.45, 2.75) is 0 Å². The second kappa shape index (κ2) is 6.75. The molecule has 0 bridgehead atoms. The number of phenolic OH excluding ortho intramolecular Hbond substituents is 1. The number of phenols is 1. The van der Waals surface area contributed by atoms with Gasteiger partial charge < -0.3 is 15.9 Å². The van der Waals surface area contributed by atoms with Gasteiger partial charge in [-0.1, -0.05) is 36.1 Å². The minimum absolute atomic E-state index is 0. The molecule has 92 valence electrons. The first kappa shape index (κ1) is 16.1. The highest BCUT2D eigenvalue weighted by Gasteiger charge is 2.21. The van der Waals surface area contributed by atoms with E-state index in [-0.39, 0.29) is 34.1 Å². The van der Waals surface area contributed by atoms with Crippen LogP contribution in [0.4, 0.5) is 0 Å². The number of hydrogen-bond donors (Lipinski definition) is 2. The molecule has 7 heteroatoms. The summed E-state index contributed by atoms with van der Waals surface area (Å²) in [7, 11) is 0. The molecule has 4 nitrogen and oxygen atoms in total. The zero-order chi connectivity index (χ0) is 10.8. The standard InChI is InChI=1S/C10H7NO2S2.BrH.H2O/c12-7-3-1-6(2-4-7)5-8-9(13)11-10(14)15-8;;/h1-5,12H,(H,11,13,14);1H;1H2/b8-5-;;. The molecule has 1 aromatic rings. The van der Waals surface area contributed by atoms with Crippen LogP contribution in [0.25, 0.3) is 6.08 Å². The van der Waals surface area contributed by atoms with Gasteiger partial charge >= 0.3 is 0 Å². The average molecular weight is 336 g/mol. The summed E-state index contributed by atoms with van der Waals surface area (Å²) in [4.78, 5) is 11.9. The van der Waals surface area contributed by atoms with Crippen LogP contribution >= 0.6 is 41.0 Å². The molecule has 4 N–H and O–H groups in total. The SMILES string of the molecule is Br.O.O=C1NC(=S)S/C1=C\c1ccc(O)cc1. The summed E-state index contributed by atoms with van der Waals surface area (Å²) < 4.78 is 0.477. The van der Waals surface area contributed by atoms with Crippen molar-refractivity contribution in [1.82, 2.24) is 5.32 Å². The largest absolute Gasteiger partial charge is 0.508 e. The molecule has 2 rings (SSSR count). The molecule has 0 spiro atoms. The number of hydrogen-bond acceptors (Lipinski definition) is 4. The lowest BCUT2D eigenvalue weighted by Crippen LogP contribution is -2.17. The fourth-order valence-electron chi connectivity index (χ4n) is 1.14. The summed E-state index contributed by atoms with van der Waals surface area (Å²) in [5.41, 5.74) is 0.857. The number of carbonyl (C=O) groups excluding carboxylic acids is 1. The Hall–Kier alpha value is -0.890. The normalized spacial score (nSPS) is 16.1. The molecule has 1 fully saturated rings. The Balaban J connectivity index is 0.00000128. The van der Waals surface area contributed by atoms with Crippen LogP contribution in [0.1, 0.15) is 5.56 Å². The molecule has 0 unspecified atom stereocenters. The molecular weight excluding hydrogens is 326 g/mol. The van der Waals surface area contributed by atoms with Crippen LogP contribution < -0.4 is 5.32 Å². The summed E-state index contributed by atoms with van der Waals surface area (Å²) in [5.74, 6) is 0.0364. The predicted octanol–water partition coefficient (Wildman–Crippen LogP) is 1.63. The Morgan fingerprint density at radius 3 is 2.35 bits per heavy atom. The van der Waals surface area contributed by atoms with Gasteiger partial charge in [0.25, 0.3) is 5.91 Å². The van der Waals surface area contributed by atoms with E-state index in [9.17, 15) is 4.79 Å². The second-order valence-corrected chi connectivity index (χ2v) is 4.66. The summed E-state index contributed by atoms with van der Waals surface area (Å²) in [6.45, 7) is 0. The maximum atomic E-state index is 11.3. The van der Waals surface area contributed by atoms with E-state index in [0.29, 0.717) is 9.23 Å². The van der Waals surface area contributed by atoms with Crippen molar-refractivity contribution >= 4 is 57.3 Å². The van der Waals surface area contributed by atoms with E-state index in [1.807, 2.05) is 0 Å². The number of halogens is 1. The molecule has 17 heavy (non-hydrogen) atoms. The van der Waals surface area contributed by atoms with Crippen LogP contribution in [-0.2, 0) is 4.79 Å². The number of aromatic hydroxyl groups is 1. The first-order chi connectivity index (χ1) is 7.15. The summed E-state index contributed by atoms with van der Waals surface area (Å²) >= 11 is 6.10. The van der Waals surface area contributed by atoms with Crippen molar-refractivity contribution in [2.24, 2.45) is 0 Å². The molecule has 1 amide bonds. The van der Waals surface area contributed by atoms with Crippen LogP contribution in [0.3, 0.4) is 0 Å². The highest BCUT2D eigenvalue weighted by Crippen LogP contribution is 2.26. The van der Waals surface area contributed by atoms with E-state index in [2.05, 4.69) is 5.32 Å². The molecule has 1 aliphatic heterocycles. The predicted molar refractivity (Wildman–Crippen MR) is 78.4 cm³/mol. The van der Waals surface area contributed by atoms with Gasteiger partial charge in [-0.2, -0.15) is 0 Å². The fraction of sp³-hybridized carbons (Fsp3) is 0. The van der Waals surface area contributed by atoms with Gasteiger partial charge in [-0.25, -0.2) is 0 Å². The number of thiocarbonyl (C=S) groups is 1. The summed E-state index contributed by atoms with van der Waals surface area (Å²) in [5, 5.41) is 11.6. The van der Waals surface area contributed by atoms with Gasteiger partial charge in [0.15, 0.2) is 0 Å². The highest BCUT2D eigenvalue weighted by atomic mass is 79.9. The molecule has 1 heterocycles. The molecule has 1 aliphatic rings. The minimum atomic E-state index is -0.168. The number of amides is 1. The van der Waals surface area contributed by atoms with Crippen LogP contribution in [0.15, 0.2) is 29.2 Å². The van der Waals surface area contributed by atoms with Gasteiger partial charge in [0, 0.05) is 0 Å². The van der Waals surface area contributed by atoms with Crippen molar-refractivity contribution in [1.29, 1.82) is 0 Å². The number of nitrogens with one attached hydrogen (secondary N) is 1. The Kier molecular flexibility index (Phi) is 6.40. The molecule has 0 radical (unpaired) electrons. The van der Waals surface area contributed by atoms with Crippen LogP contribution in [0.5, 0.6) is 5.75 Å². The van der Waals surface area contributed by atoms with Crippen LogP contribution in [0.2, 0.25) is 0 Å². The fourth-order valence-corrected chi connectivity index (χ4v) is 2.19. The molecule has 0 aromatic heterocycles. The van der Waals surface area contributed by atoms with E-state index < -0.39 is 0 Å². The lowest BCUT2D eigenvalue weighted by Gasteiger charge is -1.95. The van der Waals surface area contributed by atoms with E-state index in [1.54, 1.807) is 30.3 Å². The molecule has 0 aliphatic carbocycles. The van der Waals surface area contributed by atoms with Crippen LogP contribution in [0, 0.1) is 0 Å². The first-order valence-corrected chi connectivity index (χ1v) is 5.41. The number of benzene rings is 1. The van der Waals surface area contributed by atoms with E-state index in [4.69, 9.17) is 17.3 Å². The van der Waals surface area contributed by atoms with Gasteiger partial charge in [0.1, 0.15) is 10.1 Å². The van der Waals surface area contributed by atoms with E-state index in [0.717, 1.165) is 5.56 Å². The van der Waals surface area contributed by atoms with Crippen molar-refractivity contribution in [3.8, 4) is 5.75 Å². The Morgan fingerprint density at radius 2 is 1.88 bits per heavy atom. The van der Waals surface area contributed by atoms with Crippen molar-refractivity contribution in [3.05, 3.63) is 34.7 Å². The molecule has 1 aromatic carbocycles. The lowest BCUT2D eigenvalue weighted by atomic mass is 10.2. The Morgan fingerprint density at radius 1 is 1.29 bits per heavy atom. The smallest absolute Gasteiger partial charge is 0.263 e. The van der Waals surface area contributed by atoms with Gasteiger partial charge in [-0.05, 0) is 23.8 Å². The topological polar surface area (TPSA) is 80.8 Å². The number of carbonyl (C=O) groups is 1. The zero-order valence-electron chi connectivity index (χ0n) is 8.47. The van der Waals surface area contributed by atoms with Crippen molar-refractivity contribution in [3.63, 3.8) is 0 Å². The summed E-state index contributed by atoms with van der Waals surface area (Å²) in [6.07, 6.45) is 1.73. The maximum Gasteiger partial charge on any atom is 0.263 e. The maximum absolute atomic E-state index is 11.3. The number of rotatable bonds is 1. The number of thioether (sulfide) groups is 1.